The zero-order chi connectivity index (χ0) is 15.0. The van der Waals surface area contributed by atoms with Crippen molar-refractivity contribution in [3.8, 4) is 0 Å². The summed E-state index contributed by atoms with van der Waals surface area (Å²) in [5, 5.41) is 3.65. The number of nitrogens with one attached hydrogen (secondary N) is 1. The SMILES string of the molecule is CCC(CC)(CNCC(C)C)CN(C)Cc1ccoc1. The van der Waals surface area contributed by atoms with Crippen molar-refractivity contribution < 1.29 is 4.42 Å². The molecule has 0 saturated heterocycles. The first kappa shape index (κ1) is 17.3. The second-order valence-electron chi connectivity index (χ2n) is 6.54. The minimum atomic E-state index is 0.368. The summed E-state index contributed by atoms with van der Waals surface area (Å²) < 4.78 is 5.15. The van der Waals surface area contributed by atoms with Crippen molar-refractivity contribution in [1.82, 2.24) is 10.2 Å². The molecule has 20 heavy (non-hydrogen) atoms. The van der Waals surface area contributed by atoms with Gasteiger partial charge in [-0.2, -0.15) is 0 Å². The Balaban J connectivity index is 2.51. The summed E-state index contributed by atoms with van der Waals surface area (Å²) in [5.74, 6) is 0.713. The van der Waals surface area contributed by atoms with Gasteiger partial charge < -0.3 is 14.6 Å². The predicted octanol–water partition coefficient (Wildman–Crippen LogP) is 3.76. The summed E-state index contributed by atoms with van der Waals surface area (Å²) in [7, 11) is 2.20. The van der Waals surface area contributed by atoms with E-state index >= 15 is 0 Å². The number of hydrogen-bond acceptors (Lipinski definition) is 3. The summed E-state index contributed by atoms with van der Waals surface area (Å²) in [6.07, 6.45) is 6.02. The van der Waals surface area contributed by atoms with E-state index in [4.69, 9.17) is 4.42 Å². The Bertz CT molecular complexity index is 342. The number of rotatable bonds is 10. The lowest BCUT2D eigenvalue weighted by atomic mass is 9.81. The number of nitrogens with zero attached hydrogens (tertiary/aromatic N) is 1. The molecule has 1 aromatic heterocycles. The van der Waals surface area contributed by atoms with E-state index < -0.39 is 0 Å². The quantitative estimate of drug-likeness (QED) is 0.707. The molecule has 1 heterocycles. The Kier molecular flexibility index (Phi) is 7.31. The molecule has 1 aromatic rings. The standard InChI is InChI=1S/C17H32N2O/c1-6-17(7-2,13-18-10-15(3)4)14-19(5)11-16-8-9-20-12-16/h8-9,12,15,18H,6-7,10-11,13-14H2,1-5H3. The van der Waals surface area contributed by atoms with Gasteiger partial charge >= 0.3 is 0 Å². The lowest BCUT2D eigenvalue weighted by molar-refractivity contribution is 0.149. The van der Waals surface area contributed by atoms with Crippen molar-refractivity contribution in [1.29, 1.82) is 0 Å². The maximum absolute atomic E-state index is 5.15. The van der Waals surface area contributed by atoms with Gasteiger partial charge in [0, 0.05) is 25.2 Å². The summed E-state index contributed by atoms with van der Waals surface area (Å²) in [6.45, 7) is 13.4. The van der Waals surface area contributed by atoms with Crippen LogP contribution in [0.25, 0.3) is 0 Å². The molecule has 116 valence electrons. The van der Waals surface area contributed by atoms with Gasteiger partial charge in [0.1, 0.15) is 0 Å². The summed E-state index contributed by atoms with van der Waals surface area (Å²) in [4.78, 5) is 2.41. The number of furan rings is 1. The van der Waals surface area contributed by atoms with Crippen LogP contribution < -0.4 is 5.32 Å². The largest absolute Gasteiger partial charge is 0.472 e. The fourth-order valence-corrected chi connectivity index (χ4v) is 2.73. The molecule has 3 heteroatoms. The molecule has 0 fully saturated rings. The van der Waals surface area contributed by atoms with Crippen LogP contribution in [0.1, 0.15) is 46.1 Å². The Labute approximate surface area is 124 Å². The molecule has 0 aliphatic rings. The van der Waals surface area contributed by atoms with Gasteiger partial charge in [-0.25, -0.2) is 0 Å². The van der Waals surface area contributed by atoms with Crippen molar-refractivity contribution in [3.63, 3.8) is 0 Å². The highest BCUT2D eigenvalue weighted by atomic mass is 16.3. The molecule has 0 atom stereocenters. The molecule has 0 spiro atoms. The van der Waals surface area contributed by atoms with Crippen LogP contribution in [0.2, 0.25) is 0 Å². The van der Waals surface area contributed by atoms with E-state index in [1.807, 2.05) is 12.3 Å². The molecule has 0 radical (unpaired) electrons. The van der Waals surface area contributed by atoms with Gasteiger partial charge in [-0.05, 0) is 43.8 Å². The third-order valence-electron chi connectivity index (χ3n) is 4.19. The maximum Gasteiger partial charge on any atom is 0.0947 e. The zero-order valence-corrected chi connectivity index (χ0v) is 13.9. The van der Waals surface area contributed by atoms with Crippen molar-refractivity contribution >= 4 is 0 Å². The van der Waals surface area contributed by atoms with Crippen LogP contribution in [0.15, 0.2) is 23.0 Å². The van der Waals surface area contributed by atoms with Crippen LogP contribution in [-0.2, 0) is 6.54 Å². The van der Waals surface area contributed by atoms with E-state index in [1.165, 1.54) is 18.4 Å². The highest BCUT2D eigenvalue weighted by Gasteiger charge is 2.27. The zero-order valence-electron chi connectivity index (χ0n) is 13.9. The van der Waals surface area contributed by atoms with Crippen molar-refractivity contribution in [3.05, 3.63) is 24.2 Å². The third kappa shape index (κ3) is 5.68. The highest BCUT2D eigenvalue weighted by molar-refractivity contribution is 5.04. The molecule has 0 aliphatic carbocycles. The van der Waals surface area contributed by atoms with Gasteiger partial charge in [0.15, 0.2) is 0 Å². The highest BCUT2D eigenvalue weighted by Crippen LogP contribution is 2.27. The van der Waals surface area contributed by atoms with E-state index in [-0.39, 0.29) is 0 Å². The molecule has 0 bridgehead atoms. The van der Waals surface area contributed by atoms with Crippen molar-refractivity contribution in [2.45, 2.75) is 47.1 Å². The van der Waals surface area contributed by atoms with Gasteiger partial charge in [0.25, 0.3) is 0 Å². The smallest absolute Gasteiger partial charge is 0.0947 e. The maximum atomic E-state index is 5.15. The average Bonchev–Trinajstić information content (AvgIpc) is 2.89. The van der Waals surface area contributed by atoms with Crippen LogP contribution in [0.5, 0.6) is 0 Å². The molecule has 0 saturated carbocycles. The minimum absolute atomic E-state index is 0.368. The third-order valence-corrected chi connectivity index (χ3v) is 4.19. The first-order valence-corrected chi connectivity index (χ1v) is 7.91. The van der Waals surface area contributed by atoms with Crippen LogP contribution in [0.3, 0.4) is 0 Å². The van der Waals surface area contributed by atoms with Gasteiger partial charge in [-0.3, -0.25) is 0 Å². The van der Waals surface area contributed by atoms with Crippen molar-refractivity contribution in [2.24, 2.45) is 11.3 Å². The Morgan fingerprint density at radius 2 is 2.00 bits per heavy atom. The molecule has 0 unspecified atom stereocenters. The molecule has 3 nitrogen and oxygen atoms in total. The van der Waals surface area contributed by atoms with Crippen molar-refractivity contribution in [2.75, 3.05) is 26.7 Å². The molecular weight excluding hydrogens is 248 g/mol. The van der Waals surface area contributed by atoms with Crippen LogP contribution >= 0.6 is 0 Å². The molecule has 1 N–H and O–H groups in total. The average molecular weight is 280 g/mol. The van der Waals surface area contributed by atoms with Gasteiger partial charge in [0.05, 0.1) is 12.5 Å². The normalized spacial score (nSPS) is 12.6. The fourth-order valence-electron chi connectivity index (χ4n) is 2.73. The van der Waals surface area contributed by atoms with E-state index in [9.17, 15) is 0 Å². The lowest BCUT2D eigenvalue weighted by Crippen LogP contribution is -2.43. The van der Waals surface area contributed by atoms with Crippen LogP contribution in [-0.4, -0.2) is 31.6 Å². The molecule has 1 rings (SSSR count). The lowest BCUT2D eigenvalue weighted by Gasteiger charge is -2.36. The summed E-state index contributed by atoms with van der Waals surface area (Å²) in [6, 6.07) is 2.05. The van der Waals surface area contributed by atoms with E-state index in [0.29, 0.717) is 11.3 Å². The minimum Gasteiger partial charge on any atom is -0.472 e. The molecule has 0 aromatic carbocycles. The van der Waals surface area contributed by atoms with Gasteiger partial charge in [0.2, 0.25) is 0 Å². The van der Waals surface area contributed by atoms with E-state index in [1.54, 1.807) is 6.26 Å². The molecule has 0 amide bonds. The van der Waals surface area contributed by atoms with Gasteiger partial charge in [-0.15, -0.1) is 0 Å². The predicted molar refractivity (Wildman–Crippen MR) is 85.8 cm³/mol. The van der Waals surface area contributed by atoms with E-state index in [0.717, 1.165) is 26.2 Å². The first-order valence-electron chi connectivity index (χ1n) is 7.91. The van der Waals surface area contributed by atoms with Crippen LogP contribution in [0.4, 0.5) is 0 Å². The van der Waals surface area contributed by atoms with E-state index in [2.05, 4.69) is 45.0 Å². The van der Waals surface area contributed by atoms with Crippen LogP contribution in [0, 0.1) is 11.3 Å². The summed E-state index contributed by atoms with van der Waals surface area (Å²) >= 11 is 0. The molecular formula is C17H32N2O. The second kappa shape index (κ2) is 8.48. The Morgan fingerprint density at radius 3 is 2.50 bits per heavy atom. The second-order valence-corrected chi connectivity index (χ2v) is 6.54. The van der Waals surface area contributed by atoms with Gasteiger partial charge in [-0.1, -0.05) is 27.7 Å². The first-order chi connectivity index (χ1) is 9.51. The monoisotopic (exact) mass is 280 g/mol. The summed E-state index contributed by atoms with van der Waals surface area (Å²) in [5.41, 5.74) is 1.62. The number of hydrogen-bond donors (Lipinski definition) is 1. The fraction of sp³-hybridized carbons (Fsp3) is 0.765. The topological polar surface area (TPSA) is 28.4 Å². The Hall–Kier alpha value is -0.800. The Morgan fingerprint density at radius 1 is 1.30 bits per heavy atom. The molecule has 0 aliphatic heterocycles.